The van der Waals surface area contributed by atoms with Crippen LogP contribution in [0.2, 0.25) is 0 Å². The fourth-order valence-corrected chi connectivity index (χ4v) is 1.84. The van der Waals surface area contributed by atoms with Gasteiger partial charge in [-0.05, 0) is 32.4 Å². The largest absolute Gasteiger partial charge is 0.478 e. The minimum atomic E-state index is -1.08. The van der Waals surface area contributed by atoms with Gasteiger partial charge in [-0.25, -0.2) is 4.79 Å². The second-order valence-corrected chi connectivity index (χ2v) is 4.98. The van der Waals surface area contributed by atoms with Gasteiger partial charge in [0.2, 0.25) is 5.91 Å². The quantitative estimate of drug-likeness (QED) is 0.759. The average Bonchev–Trinajstić information content (AvgIpc) is 2.30. The highest BCUT2D eigenvalue weighted by atomic mass is 16.4. The van der Waals surface area contributed by atoms with Gasteiger partial charge in [-0.15, -0.1) is 0 Å². The zero-order chi connectivity index (χ0) is 14.6. The number of carbonyl (C=O) groups excluding carboxylic acids is 1. The fourth-order valence-electron chi connectivity index (χ4n) is 1.84. The van der Waals surface area contributed by atoms with Crippen molar-refractivity contribution in [2.75, 3.05) is 5.32 Å². The van der Waals surface area contributed by atoms with Gasteiger partial charge in [0.15, 0.2) is 0 Å². The summed E-state index contributed by atoms with van der Waals surface area (Å²) in [4.78, 5) is 23.2. The first-order chi connectivity index (χ1) is 8.77. The SMILES string of the molecule is CCCC(C)(N)C(=O)Nc1ccc(C)cc1C(=O)O. The minimum Gasteiger partial charge on any atom is -0.478 e. The molecule has 1 rings (SSSR count). The number of anilines is 1. The summed E-state index contributed by atoms with van der Waals surface area (Å²) in [5.41, 5.74) is 6.07. The molecule has 5 nitrogen and oxygen atoms in total. The number of aromatic carboxylic acids is 1. The van der Waals surface area contributed by atoms with E-state index in [0.717, 1.165) is 12.0 Å². The van der Waals surface area contributed by atoms with E-state index in [9.17, 15) is 9.59 Å². The van der Waals surface area contributed by atoms with Crippen LogP contribution in [0.3, 0.4) is 0 Å². The maximum absolute atomic E-state index is 12.1. The van der Waals surface area contributed by atoms with E-state index in [4.69, 9.17) is 10.8 Å². The Morgan fingerprint density at radius 1 is 1.42 bits per heavy atom. The number of hydrogen-bond donors (Lipinski definition) is 3. The molecule has 0 saturated carbocycles. The van der Waals surface area contributed by atoms with E-state index in [1.54, 1.807) is 26.0 Å². The number of carboxylic acid groups (broad SMARTS) is 1. The molecule has 0 aliphatic rings. The predicted octanol–water partition coefficient (Wildman–Crippen LogP) is 2.15. The molecule has 1 unspecified atom stereocenters. The fraction of sp³-hybridized carbons (Fsp3) is 0.429. The molecule has 4 N–H and O–H groups in total. The van der Waals surface area contributed by atoms with Gasteiger partial charge in [-0.1, -0.05) is 25.0 Å². The Morgan fingerprint density at radius 3 is 2.58 bits per heavy atom. The number of amides is 1. The number of nitrogens with one attached hydrogen (secondary N) is 1. The highest BCUT2D eigenvalue weighted by Gasteiger charge is 2.28. The van der Waals surface area contributed by atoms with Gasteiger partial charge in [-0.3, -0.25) is 4.79 Å². The van der Waals surface area contributed by atoms with Crippen LogP contribution < -0.4 is 11.1 Å². The summed E-state index contributed by atoms with van der Waals surface area (Å²) >= 11 is 0. The molecule has 0 heterocycles. The lowest BCUT2D eigenvalue weighted by Gasteiger charge is -2.23. The summed E-state index contributed by atoms with van der Waals surface area (Å²) in [5.74, 6) is -1.45. The molecular weight excluding hydrogens is 244 g/mol. The van der Waals surface area contributed by atoms with E-state index >= 15 is 0 Å². The maximum atomic E-state index is 12.1. The summed E-state index contributed by atoms with van der Waals surface area (Å²) < 4.78 is 0. The second kappa shape index (κ2) is 5.84. The van der Waals surface area contributed by atoms with Crippen LogP contribution in [-0.4, -0.2) is 22.5 Å². The molecule has 0 aromatic heterocycles. The van der Waals surface area contributed by atoms with Crippen LogP contribution in [0.4, 0.5) is 5.69 Å². The van der Waals surface area contributed by atoms with Crippen molar-refractivity contribution in [1.29, 1.82) is 0 Å². The molecule has 104 valence electrons. The minimum absolute atomic E-state index is 0.0700. The van der Waals surface area contributed by atoms with Crippen molar-refractivity contribution in [3.63, 3.8) is 0 Å². The first kappa shape index (κ1) is 15.2. The lowest BCUT2D eigenvalue weighted by atomic mass is 9.96. The smallest absolute Gasteiger partial charge is 0.337 e. The molecular formula is C14H20N2O3. The Morgan fingerprint density at radius 2 is 2.05 bits per heavy atom. The van der Waals surface area contributed by atoms with E-state index in [0.29, 0.717) is 6.42 Å². The molecule has 0 saturated heterocycles. The topological polar surface area (TPSA) is 92.4 Å². The summed E-state index contributed by atoms with van der Waals surface area (Å²) in [6.07, 6.45) is 1.31. The zero-order valence-corrected chi connectivity index (χ0v) is 11.5. The van der Waals surface area contributed by atoms with Crippen LogP contribution in [0, 0.1) is 6.92 Å². The van der Waals surface area contributed by atoms with Crippen molar-refractivity contribution in [1.82, 2.24) is 0 Å². The van der Waals surface area contributed by atoms with E-state index in [1.165, 1.54) is 6.07 Å². The molecule has 1 aromatic carbocycles. The molecule has 1 aromatic rings. The second-order valence-electron chi connectivity index (χ2n) is 4.98. The first-order valence-electron chi connectivity index (χ1n) is 6.22. The van der Waals surface area contributed by atoms with Crippen molar-refractivity contribution in [3.8, 4) is 0 Å². The van der Waals surface area contributed by atoms with Crippen LogP contribution >= 0.6 is 0 Å². The molecule has 5 heteroatoms. The van der Waals surface area contributed by atoms with Gasteiger partial charge >= 0.3 is 5.97 Å². The first-order valence-corrected chi connectivity index (χ1v) is 6.22. The van der Waals surface area contributed by atoms with Gasteiger partial charge in [0, 0.05) is 0 Å². The Balaban J connectivity index is 3.00. The summed E-state index contributed by atoms with van der Waals surface area (Å²) in [5, 5.41) is 11.7. The summed E-state index contributed by atoms with van der Waals surface area (Å²) in [7, 11) is 0. The molecule has 0 spiro atoms. The summed E-state index contributed by atoms with van der Waals surface area (Å²) in [6.45, 7) is 5.37. The van der Waals surface area contributed by atoms with E-state index in [-0.39, 0.29) is 17.2 Å². The predicted molar refractivity (Wildman–Crippen MR) is 74.3 cm³/mol. The lowest BCUT2D eigenvalue weighted by molar-refractivity contribution is -0.120. The zero-order valence-electron chi connectivity index (χ0n) is 11.5. The number of nitrogens with two attached hydrogens (primary N) is 1. The van der Waals surface area contributed by atoms with Gasteiger partial charge in [0.05, 0.1) is 16.8 Å². The van der Waals surface area contributed by atoms with Gasteiger partial charge in [0.25, 0.3) is 0 Å². The van der Waals surface area contributed by atoms with Crippen LogP contribution in [0.25, 0.3) is 0 Å². The van der Waals surface area contributed by atoms with Gasteiger partial charge < -0.3 is 16.2 Å². The third-order valence-corrected chi connectivity index (χ3v) is 2.94. The van der Waals surface area contributed by atoms with Crippen molar-refractivity contribution in [3.05, 3.63) is 29.3 Å². The Kier molecular flexibility index (Phi) is 4.67. The standard InChI is InChI=1S/C14H20N2O3/c1-4-7-14(3,15)13(19)16-11-6-5-9(2)8-10(11)12(17)18/h5-6,8H,4,7,15H2,1-3H3,(H,16,19)(H,17,18). The molecule has 0 radical (unpaired) electrons. The van der Waals surface area contributed by atoms with Gasteiger partial charge in [0.1, 0.15) is 0 Å². The van der Waals surface area contributed by atoms with Crippen LogP contribution in [-0.2, 0) is 4.79 Å². The number of carboxylic acids is 1. The molecule has 19 heavy (non-hydrogen) atoms. The average molecular weight is 264 g/mol. The Hall–Kier alpha value is -1.88. The number of rotatable bonds is 5. The van der Waals surface area contributed by atoms with E-state index in [1.807, 2.05) is 6.92 Å². The van der Waals surface area contributed by atoms with Crippen LogP contribution in [0.15, 0.2) is 18.2 Å². The number of benzene rings is 1. The van der Waals surface area contributed by atoms with Crippen molar-refractivity contribution >= 4 is 17.6 Å². The molecule has 0 fully saturated rings. The third kappa shape index (κ3) is 3.79. The van der Waals surface area contributed by atoms with E-state index in [2.05, 4.69) is 5.32 Å². The molecule has 1 amide bonds. The molecule has 0 aliphatic heterocycles. The number of aryl methyl sites for hydroxylation is 1. The van der Waals surface area contributed by atoms with E-state index < -0.39 is 11.5 Å². The lowest BCUT2D eigenvalue weighted by Crippen LogP contribution is -2.48. The highest BCUT2D eigenvalue weighted by Crippen LogP contribution is 2.20. The molecule has 1 atom stereocenters. The molecule has 0 bridgehead atoms. The number of hydrogen-bond acceptors (Lipinski definition) is 3. The van der Waals surface area contributed by atoms with Crippen LogP contribution in [0.5, 0.6) is 0 Å². The normalized spacial score (nSPS) is 13.7. The van der Waals surface area contributed by atoms with Crippen molar-refractivity contribution in [2.45, 2.75) is 39.2 Å². The van der Waals surface area contributed by atoms with Crippen LogP contribution in [0.1, 0.15) is 42.6 Å². The summed E-state index contributed by atoms with van der Waals surface area (Å²) in [6, 6.07) is 4.85. The van der Waals surface area contributed by atoms with Crippen molar-refractivity contribution < 1.29 is 14.7 Å². The number of carbonyl (C=O) groups is 2. The Bertz CT molecular complexity index is 495. The monoisotopic (exact) mass is 264 g/mol. The molecule has 0 aliphatic carbocycles. The maximum Gasteiger partial charge on any atom is 0.337 e. The Labute approximate surface area is 112 Å². The van der Waals surface area contributed by atoms with Gasteiger partial charge in [-0.2, -0.15) is 0 Å². The van der Waals surface area contributed by atoms with Crippen molar-refractivity contribution in [2.24, 2.45) is 5.73 Å². The third-order valence-electron chi connectivity index (χ3n) is 2.94. The highest BCUT2D eigenvalue weighted by molar-refractivity contribution is 6.03.